The molecule has 0 fully saturated rings. The summed E-state index contributed by atoms with van der Waals surface area (Å²) in [6.07, 6.45) is 0. The molecule has 0 saturated carbocycles. The highest BCUT2D eigenvalue weighted by atomic mass is 79.9. The zero-order chi connectivity index (χ0) is 13.2. The van der Waals surface area contributed by atoms with E-state index in [1.165, 1.54) is 11.3 Å². The van der Waals surface area contributed by atoms with Gasteiger partial charge in [-0.1, -0.05) is 0 Å². The number of halogens is 1. The standard InChI is InChI=1S/C13H9BrO4S/c14-9-3-4-19-13(9)10(15)6-16-8-1-2-11-12(5-8)18-7-17-11/h1-5H,6-7H2. The molecule has 1 aliphatic rings. The van der Waals surface area contributed by atoms with E-state index in [1.807, 2.05) is 11.4 Å². The molecule has 0 unspecified atom stereocenters. The topological polar surface area (TPSA) is 44.8 Å². The Labute approximate surface area is 122 Å². The van der Waals surface area contributed by atoms with Gasteiger partial charge in [0.25, 0.3) is 0 Å². The molecule has 4 nitrogen and oxygen atoms in total. The van der Waals surface area contributed by atoms with Crippen LogP contribution in [0.3, 0.4) is 0 Å². The first kappa shape index (κ1) is 12.5. The SMILES string of the molecule is O=C(COc1ccc2c(c1)OCO2)c1sccc1Br. The Kier molecular flexibility index (Phi) is 3.44. The average Bonchev–Trinajstić information content (AvgIpc) is 3.03. The summed E-state index contributed by atoms with van der Waals surface area (Å²) in [5.41, 5.74) is 0. The van der Waals surface area contributed by atoms with Gasteiger partial charge in [0.05, 0.1) is 4.88 Å². The summed E-state index contributed by atoms with van der Waals surface area (Å²) in [4.78, 5) is 12.6. The van der Waals surface area contributed by atoms with Crippen LogP contribution in [0.4, 0.5) is 0 Å². The number of fused-ring (bicyclic) bond motifs is 1. The summed E-state index contributed by atoms with van der Waals surface area (Å²) in [6.45, 7) is 0.221. The molecule has 0 radical (unpaired) electrons. The lowest BCUT2D eigenvalue weighted by atomic mass is 10.3. The maximum Gasteiger partial charge on any atom is 0.231 e. The van der Waals surface area contributed by atoms with E-state index in [2.05, 4.69) is 15.9 Å². The Morgan fingerprint density at radius 3 is 2.95 bits per heavy atom. The third-order valence-corrected chi connectivity index (χ3v) is 4.46. The van der Waals surface area contributed by atoms with Gasteiger partial charge in [-0.15, -0.1) is 11.3 Å². The molecule has 98 valence electrons. The number of hydrogen-bond donors (Lipinski definition) is 0. The maximum absolute atomic E-state index is 11.9. The van der Waals surface area contributed by atoms with Gasteiger partial charge in [0.15, 0.2) is 18.1 Å². The van der Waals surface area contributed by atoms with Gasteiger partial charge in [-0.2, -0.15) is 0 Å². The molecule has 1 aromatic heterocycles. The molecule has 0 spiro atoms. The molecule has 3 rings (SSSR count). The van der Waals surface area contributed by atoms with E-state index in [-0.39, 0.29) is 19.2 Å². The van der Waals surface area contributed by atoms with E-state index in [1.54, 1.807) is 18.2 Å². The fourth-order valence-corrected chi connectivity index (χ4v) is 3.19. The Bertz CT molecular complexity index is 623. The number of carbonyl (C=O) groups is 1. The molecule has 1 aromatic carbocycles. The van der Waals surface area contributed by atoms with Gasteiger partial charge in [-0.25, -0.2) is 0 Å². The molecular formula is C13H9BrO4S. The summed E-state index contributed by atoms with van der Waals surface area (Å²) in [7, 11) is 0. The number of ether oxygens (including phenoxy) is 3. The smallest absolute Gasteiger partial charge is 0.231 e. The first-order chi connectivity index (χ1) is 9.24. The summed E-state index contributed by atoms with van der Waals surface area (Å²) >= 11 is 4.72. The number of ketones is 1. The summed E-state index contributed by atoms with van der Waals surface area (Å²) in [6, 6.07) is 7.09. The molecule has 0 bridgehead atoms. The van der Waals surface area contributed by atoms with E-state index in [0.29, 0.717) is 22.1 Å². The average molecular weight is 341 g/mol. The van der Waals surface area contributed by atoms with Gasteiger partial charge in [-0.05, 0) is 39.5 Å². The largest absolute Gasteiger partial charge is 0.485 e. The summed E-state index contributed by atoms with van der Waals surface area (Å²) in [5, 5.41) is 1.86. The fraction of sp³-hybridized carbons (Fsp3) is 0.154. The first-order valence-electron chi connectivity index (χ1n) is 5.52. The summed E-state index contributed by atoms with van der Waals surface area (Å²) < 4.78 is 16.7. The minimum Gasteiger partial charge on any atom is -0.485 e. The van der Waals surface area contributed by atoms with Crippen molar-refractivity contribution in [2.45, 2.75) is 0 Å². The van der Waals surface area contributed by atoms with E-state index in [0.717, 1.165) is 4.47 Å². The number of thiophene rings is 1. The van der Waals surface area contributed by atoms with E-state index in [9.17, 15) is 4.79 Å². The molecule has 2 aromatic rings. The normalized spacial score (nSPS) is 12.5. The van der Waals surface area contributed by atoms with Crippen molar-refractivity contribution in [1.29, 1.82) is 0 Å². The van der Waals surface area contributed by atoms with Gasteiger partial charge >= 0.3 is 0 Å². The van der Waals surface area contributed by atoms with E-state index >= 15 is 0 Å². The Morgan fingerprint density at radius 1 is 1.32 bits per heavy atom. The van der Waals surface area contributed by atoms with Gasteiger partial charge in [0.2, 0.25) is 12.6 Å². The van der Waals surface area contributed by atoms with Crippen LogP contribution in [0.15, 0.2) is 34.1 Å². The molecule has 0 atom stereocenters. The molecule has 0 N–H and O–H groups in total. The van der Waals surface area contributed by atoms with Crippen LogP contribution in [-0.4, -0.2) is 19.2 Å². The van der Waals surface area contributed by atoms with Crippen LogP contribution in [0.25, 0.3) is 0 Å². The van der Waals surface area contributed by atoms with Crippen molar-refractivity contribution in [2.24, 2.45) is 0 Å². The van der Waals surface area contributed by atoms with Gasteiger partial charge < -0.3 is 14.2 Å². The number of rotatable bonds is 4. The van der Waals surface area contributed by atoms with Crippen molar-refractivity contribution >= 4 is 33.0 Å². The quantitative estimate of drug-likeness (QED) is 0.799. The van der Waals surface area contributed by atoms with Crippen LogP contribution in [-0.2, 0) is 0 Å². The third kappa shape index (κ3) is 2.59. The molecule has 0 aliphatic carbocycles. The zero-order valence-corrected chi connectivity index (χ0v) is 12.1. The van der Waals surface area contributed by atoms with E-state index < -0.39 is 0 Å². The minimum atomic E-state index is -0.0560. The van der Waals surface area contributed by atoms with Crippen LogP contribution in [0, 0.1) is 0 Å². The van der Waals surface area contributed by atoms with Gasteiger partial charge in [0, 0.05) is 10.5 Å². The monoisotopic (exact) mass is 340 g/mol. The molecular weight excluding hydrogens is 332 g/mol. The maximum atomic E-state index is 11.9. The fourth-order valence-electron chi connectivity index (χ4n) is 1.67. The lowest BCUT2D eigenvalue weighted by Crippen LogP contribution is -2.10. The highest BCUT2D eigenvalue weighted by Crippen LogP contribution is 2.35. The Balaban J connectivity index is 1.66. The van der Waals surface area contributed by atoms with Crippen molar-refractivity contribution in [2.75, 3.05) is 13.4 Å². The number of carbonyl (C=O) groups excluding carboxylic acids is 1. The highest BCUT2D eigenvalue weighted by Gasteiger charge is 2.15. The predicted molar refractivity (Wildman–Crippen MR) is 74.4 cm³/mol. The van der Waals surface area contributed by atoms with Crippen LogP contribution >= 0.6 is 27.3 Å². The molecule has 6 heteroatoms. The predicted octanol–water partition coefficient (Wildman–Crippen LogP) is 3.50. The van der Waals surface area contributed by atoms with Crippen molar-refractivity contribution < 1.29 is 19.0 Å². The molecule has 1 aliphatic heterocycles. The highest BCUT2D eigenvalue weighted by molar-refractivity contribution is 9.10. The second kappa shape index (κ2) is 5.22. The zero-order valence-electron chi connectivity index (χ0n) is 9.72. The van der Waals surface area contributed by atoms with Crippen molar-refractivity contribution in [3.63, 3.8) is 0 Å². The van der Waals surface area contributed by atoms with Crippen LogP contribution in [0.2, 0.25) is 0 Å². The van der Waals surface area contributed by atoms with Crippen LogP contribution in [0.1, 0.15) is 9.67 Å². The molecule has 2 heterocycles. The number of hydrogen-bond acceptors (Lipinski definition) is 5. The van der Waals surface area contributed by atoms with Crippen LogP contribution < -0.4 is 14.2 Å². The Hall–Kier alpha value is -1.53. The lowest BCUT2D eigenvalue weighted by Gasteiger charge is -2.05. The number of Topliss-reactive ketones (excluding diaryl/α,β-unsaturated/α-hetero) is 1. The Morgan fingerprint density at radius 2 is 2.16 bits per heavy atom. The van der Waals surface area contributed by atoms with Crippen molar-refractivity contribution in [3.8, 4) is 17.2 Å². The van der Waals surface area contributed by atoms with Gasteiger partial charge in [0.1, 0.15) is 5.75 Å². The molecule has 19 heavy (non-hydrogen) atoms. The molecule has 0 amide bonds. The second-order valence-corrected chi connectivity index (χ2v) is 5.60. The lowest BCUT2D eigenvalue weighted by molar-refractivity contribution is 0.0924. The van der Waals surface area contributed by atoms with Crippen LogP contribution in [0.5, 0.6) is 17.2 Å². The van der Waals surface area contributed by atoms with Crippen molar-refractivity contribution in [3.05, 3.63) is 39.0 Å². The third-order valence-electron chi connectivity index (χ3n) is 2.58. The van der Waals surface area contributed by atoms with Gasteiger partial charge in [-0.3, -0.25) is 4.79 Å². The van der Waals surface area contributed by atoms with Crippen molar-refractivity contribution in [1.82, 2.24) is 0 Å². The first-order valence-corrected chi connectivity index (χ1v) is 7.20. The number of benzene rings is 1. The second-order valence-electron chi connectivity index (χ2n) is 3.82. The minimum absolute atomic E-state index is 0.00123. The summed E-state index contributed by atoms with van der Waals surface area (Å²) in [5.74, 6) is 1.87. The van der Waals surface area contributed by atoms with E-state index in [4.69, 9.17) is 14.2 Å². The molecule has 0 saturated heterocycles.